The summed E-state index contributed by atoms with van der Waals surface area (Å²) in [7, 11) is -3.58. The van der Waals surface area contributed by atoms with Crippen molar-refractivity contribution in [2.45, 2.75) is 62.7 Å². The quantitative estimate of drug-likeness (QED) is 0.155. The van der Waals surface area contributed by atoms with Crippen LogP contribution < -0.4 is 9.47 Å². The number of carboxylic acids is 2. The number of ether oxygens (including phenoxy) is 2. The van der Waals surface area contributed by atoms with Gasteiger partial charge in [0.25, 0.3) is 0 Å². The second kappa shape index (κ2) is 16.0. The number of carbonyl (C=O) groups is 2. The number of aryl methyl sites for hydroxylation is 1. The summed E-state index contributed by atoms with van der Waals surface area (Å²) in [4.78, 5) is 22.0. The highest BCUT2D eigenvalue weighted by atomic mass is 32.2. The van der Waals surface area contributed by atoms with Crippen molar-refractivity contribution in [2.75, 3.05) is 19.5 Å². The van der Waals surface area contributed by atoms with Crippen LogP contribution in [0.3, 0.4) is 0 Å². The van der Waals surface area contributed by atoms with Gasteiger partial charge in [-0.05, 0) is 90.8 Å². The Labute approximate surface area is 250 Å². The number of hydrogen-bond acceptors (Lipinski definition) is 6. The summed E-state index contributed by atoms with van der Waals surface area (Å²) in [5, 5.41) is 18.0. The van der Waals surface area contributed by atoms with Crippen LogP contribution in [0, 0.1) is 11.6 Å². The summed E-state index contributed by atoms with van der Waals surface area (Å²) in [5.74, 6) is -2.95. The molecule has 0 aliphatic carbocycles. The van der Waals surface area contributed by atoms with E-state index < -0.39 is 33.4 Å². The van der Waals surface area contributed by atoms with Crippen LogP contribution in [0.1, 0.15) is 56.1 Å². The minimum atomic E-state index is -3.58. The molecule has 0 aliphatic heterocycles. The number of benzene rings is 3. The molecular weight excluding hydrogens is 582 g/mol. The Morgan fingerprint density at radius 3 is 2.16 bits per heavy atom. The second-order valence-electron chi connectivity index (χ2n) is 10.2. The number of rotatable bonds is 18. The summed E-state index contributed by atoms with van der Waals surface area (Å²) in [5.41, 5.74) is 2.54. The number of aliphatic carboxylic acids is 2. The molecule has 0 amide bonds. The van der Waals surface area contributed by atoms with Crippen LogP contribution in [-0.4, -0.2) is 50.0 Å². The van der Waals surface area contributed by atoms with Crippen molar-refractivity contribution in [1.29, 1.82) is 0 Å². The molecule has 0 bridgehead atoms. The van der Waals surface area contributed by atoms with E-state index in [9.17, 15) is 31.9 Å². The van der Waals surface area contributed by atoms with Crippen molar-refractivity contribution in [3.8, 4) is 22.6 Å². The Kier molecular flexibility index (Phi) is 12.5. The van der Waals surface area contributed by atoms with Gasteiger partial charge >= 0.3 is 11.9 Å². The van der Waals surface area contributed by atoms with Crippen LogP contribution in [0.15, 0.2) is 59.5 Å². The average Bonchev–Trinajstić information content (AvgIpc) is 2.94. The molecule has 3 aromatic rings. The smallest absolute Gasteiger partial charge is 0.303 e. The third-order valence-corrected chi connectivity index (χ3v) is 7.87. The van der Waals surface area contributed by atoms with E-state index in [0.717, 1.165) is 55.2 Å². The second-order valence-corrected chi connectivity index (χ2v) is 12.3. The Morgan fingerprint density at radius 1 is 0.744 bits per heavy atom. The topological polar surface area (TPSA) is 127 Å². The fraction of sp³-hybridized carbons (Fsp3) is 0.375. The van der Waals surface area contributed by atoms with Crippen LogP contribution in [0.2, 0.25) is 0 Å². The van der Waals surface area contributed by atoms with Gasteiger partial charge in [-0.25, -0.2) is 17.2 Å². The van der Waals surface area contributed by atoms with Gasteiger partial charge < -0.3 is 19.7 Å². The number of carboxylic acid groups (broad SMARTS) is 2. The number of hydrogen-bond donors (Lipinski definition) is 2. The molecule has 0 aromatic heterocycles. The average molecular weight is 619 g/mol. The molecule has 0 atom stereocenters. The van der Waals surface area contributed by atoms with Gasteiger partial charge in [-0.15, -0.1) is 0 Å². The van der Waals surface area contributed by atoms with E-state index in [-0.39, 0.29) is 24.3 Å². The van der Waals surface area contributed by atoms with Gasteiger partial charge in [-0.1, -0.05) is 31.0 Å². The van der Waals surface area contributed by atoms with Crippen LogP contribution in [0.4, 0.5) is 8.78 Å². The molecule has 3 rings (SSSR count). The molecule has 3 aromatic carbocycles. The molecule has 0 radical (unpaired) electrons. The third-order valence-electron chi connectivity index (χ3n) is 6.78. The maximum absolute atomic E-state index is 13.8. The summed E-state index contributed by atoms with van der Waals surface area (Å²) in [6.45, 7) is 0.555. The predicted molar refractivity (Wildman–Crippen MR) is 157 cm³/mol. The normalized spacial score (nSPS) is 11.3. The highest BCUT2D eigenvalue weighted by Gasteiger charge is 2.15. The highest BCUT2D eigenvalue weighted by Crippen LogP contribution is 2.30. The van der Waals surface area contributed by atoms with Crippen molar-refractivity contribution in [3.63, 3.8) is 0 Å². The van der Waals surface area contributed by atoms with Crippen molar-refractivity contribution >= 4 is 21.8 Å². The van der Waals surface area contributed by atoms with Gasteiger partial charge in [0, 0.05) is 19.1 Å². The zero-order chi connectivity index (χ0) is 31.4. The van der Waals surface area contributed by atoms with Crippen LogP contribution >= 0.6 is 0 Å². The lowest BCUT2D eigenvalue weighted by Gasteiger charge is -2.15. The molecule has 43 heavy (non-hydrogen) atoms. The van der Waals surface area contributed by atoms with Gasteiger partial charge in [0.05, 0.1) is 18.1 Å². The Hall–Kier alpha value is -3.99. The lowest BCUT2D eigenvalue weighted by molar-refractivity contribution is -0.138. The number of unbranched alkanes of at least 4 members (excludes halogenated alkanes) is 3. The first-order chi connectivity index (χ1) is 20.4. The van der Waals surface area contributed by atoms with Crippen LogP contribution in [0.25, 0.3) is 11.1 Å². The SMILES string of the molecule is CS(=O)(=O)c1cc(OCCCCCCc2cccc(OCCCC(=O)O)c2CCC(=O)O)cc(-c2ccc(F)c(F)c2)c1. The first kappa shape index (κ1) is 33.5. The largest absolute Gasteiger partial charge is 0.494 e. The summed E-state index contributed by atoms with van der Waals surface area (Å²) >= 11 is 0. The van der Waals surface area contributed by atoms with Crippen molar-refractivity contribution < 1.29 is 46.5 Å². The predicted octanol–water partition coefficient (Wildman–Crippen LogP) is 6.48. The maximum atomic E-state index is 13.8. The minimum Gasteiger partial charge on any atom is -0.494 e. The van der Waals surface area contributed by atoms with Gasteiger partial charge in [-0.2, -0.15) is 0 Å². The molecule has 0 saturated heterocycles. The fourth-order valence-corrected chi connectivity index (χ4v) is 5.25. The Morgan fingerprint density at radius 2 is 1.47 bits per heavy atom. The van der Waals surface area contributed by atoms with E-state index in [0.29, 0.717) is 48.5 Å². The van der Waals surface area contributed by atoms with E-state index in [1.807, 2.05) is 12.1 Å². The van der Waals surface area contributed by atoms with Crippen molar-refractivity contribution in [1.82, 2.24) is 0 Å². The van der Waals surface area contributed by atoms with E-state index in [1.165, 1.54) is 18.2 Å². The summed E-state index contributed by atoms with van der Waals surface area (Å²) < 4.78 is 63.2. The van der Waals surface area contributed by atoms with Gasteiger partial charge in [0.15, 0.2) is 21.5 Å². The first-order valence-electron chi connectivity index (χ1n) is 14.0. The molecule has 232 valence electrons. The number of sulfone groups is 1. The molecular formula is C32H36F2O8S. The Balaban J connectivity index is 1.55. The van der Waals surface area contributed by atoms with Crippen molar-refractivity contribution in [3.05, 3.63) is 77.4 Å². The van der Waals surface area contributed by atoms with Gasteiger partial charge in [0.2, 0.25) is 0 Å². The molecule has 0 aliphatic rings. The molecule has 2 N–H and O–H groups in total. The minimum absolute atomic E-state index is 0.00754. The fourth-order valence-electron chi connectivity index (χ4n) is 4.57. The number of halogens is 2. The summed E-state index contributed by atoms with van der Waals surface area (Å²) in [6.07, 6.45) is 5.63. The first-order valence-corrected chi connectivity index (χ1v) is 15.9. The van der Waals surface area contributed by atoms with E-state index >= 15 is 0 Å². The molecule has 0 heterocycles. The molecule has 0 saturated carbocycles. The maximum Gasteiger partial charge on any atom is 0.303 e. The highest BCUT2D eigenvalue weighted by molar-refractivity contribution is 7.90. The molecule has 11 heteroatoms. The van der Waals surface area contributed by atoms with E-state index in [1.54, 1.807) is 12.1 Å². The van der Waals surface area contributed by atoms with Gasteiger partial charge in [0.1, 0.15) is 11.5 Å². The van der Waals surface area contributed by atoms with Crippen molar-refractivity contribution in [2.24, 2.45) is 0 Å². The molecule has 0 fully saturated rings. The summed E-state index contributed by atoms with van der Waals surface area (Å²) in [6, 6.07) is 13.3. The van der Waals surface area contributed by atoms with Gasteiger partial charge in [-0.3, -0.25) is 9.59 Å². The lowest BCUT2D eigenvalue weighted by Crippen LogP contribution is -2.07. The standard InChI is InChI=1S/C32H36F2O8S/c1-43(39,40)26-19-24(23-12-14-28(33)29(34)20-23)18-25(21-26)41-16-5-3-2-4-8-22-9-6-10-30(27(22)13-15-32(37)38)42-17-7-11-31(35)36/h6,9-10,12,14,18-21H,2-5,7-8,11,13,15-17H2,1H3,(H,35,36)(H,37,38). The Bertz CT molecular complexity index is 1520. The monoisotopic (exact) mass is 618 g/mol. The van der Waals surface area contributed by atoms with E-state index in [2.05, 4.69) is 0 Å². The zero-order valence-electron chi connectivity index (χ0n) is 24.0. The zero-order valence-corrected chi connectivity index (χ0v) is 24.8. The third kappa shape index (κ3) is 11.0. The molecule has 0 unspecified atom stereocenters. The molecule has 8 nitrogen and oxygen atoms in total. The van der Waals surface area contributed by atoms with Crippen LogP contribution in [-0.2, 0) is 32.3 Å². The lowest BCUT2D eigenvalue weighted by atomic mass is 9.97. The van der Waals surface area contributed by atoms with E-state index in [4.69, 9.17) is 14.6 Å². The van der Waals surface area contributed by atoms with Crippen LogP contribution in [0.5, 0.6) is 11.5 Å². The molecule has 0 spiro atoms.